The summed E-state index contributed by atoms with van der Waals surface area (Å²) in [5, 5.41) is 8.22. The van der Waals surface area contributed by atoms with Crippen LogP contribution in [0.5, 0.6) is 0 Å². The predicted molar refractivity (Wildman–Crippen MR) is 127 cm³/mol. The number of pyridine rings is 1. The number of fused-ring (bicyclic) bond motifs is 1. The largest absolute Gasteiger partial charge is 0.452 e. The van der Waals surface area contributed by atoms with Crippen LogP contribution in [0.1, 0.15) is 15.9 Å². The Labute approximate surface area is 195 Å². The third-order valence-corrected chi connectivity index (χ3v) is 5.17. The lowest BCUT2D eigenvalue weighted by Gasteiger charge is -2.10. The molecule has 33 heavy (non-hydrogen) atoms. The van der Waals surface area contributed by atoms with Gasteiger partial charge in [0, 0.05) is 17.1 Å². The molecule has 4 aromatic rings. The number of benzene rings is 2. The van der Waals surface area contributed by atoms with E-state index in [-0.39, 0.29) is 5.56 Å². The average Bonchev–Trinajstić information content (AvgIpc) is 3.25. The number of nitrogens with one attached hydrogen (secondary N) is 1. The van der Waals surface area contributed by atoms with Crippen LogP contribution in [0, 0.1) is 0 Å². The summed E-state index contributed by atoms with van der Waals surface area (Å²) in [6.45, 7) is 3.89. The number of carbonyl (C=O) groups is 2. The van der Waals surface area contributed by atoms with Crippen molar-refractivity contribution in [1.82, 2.24) is 20.1 Å². The van der Waals surface area contributed by atoms with Gasteiger partial charge in [0.2, 0.25) is 0 Å². The molecular weight excluding hydrogens is 440 g/mol. The fourth-order valence-electron chi connectivity index (χ4n) is 3.30. The van der Waals surface area contributed by atoms with Crippen molar-refractivity contribution in [3.63, 3.8) is 0 Å². The van der Waals surface area contributed by atoms with Crippen molar-refractivity contribution in [2.45, 2.75) is 6.54 Å². The molecule has 2 aromatic carbocycles. The standard InChI is InChI=1S/C25H21ClN4O3/c1-2-12-27-23(31)16-33-25(32)20-13-22(18-6-4-3-5-7-18)29-24-21(20)14-28-30(24)15-17-8-10-19(26)11-9-17/h2-11,13-14H,1,12,15-16H2,(H,27,31). The van der Waals surface area contributed by atoms with Crippen molar-refractivity contribution < 1.29 is 14.3 Å². The number of amides is 1. The molecule has 0 aliphatic heterocycles. The van der Waals surface area contributed by atoms with Crippen LogP contribution in [0.3, 0.4) is 0 Å². The molecule has 2 aromatic heterocycles. The zero-order valence-electron chi connectivity index (χ0n) is 17.7. The Kier molecular flexibility index (Phi) is 6.80. The van der Waals surface area contributed by atoms with Gasteiger partial charge >= 0.3 is 5.97 Å². The highest BCUT2D eigenvalue weighted by Gasteiger charge is 2.19. The summed E-state index contributed by atoms with van der Waals surface area (Å²) in [4.78, 5) is 29.5. The second-order valence-electron chi connectivity index (χ2n) is 7.26. The Morgan fingerprint density at radius 2 is 1.88 bits per heavy atom. The number of hydrogen-bond donors (Lipinski definition) is 1. The number of halogens is 1. The van der Waals surface area contributed by atoms with Gasteiger partial charge in [-0.1, -0.05) is 60.1 Å². The lowest BCUT2D eigenvalue weighted by atomic mass is 10.1. The normalized spacial score (nSPS) is 10.7. The van der Waals surface area contributed by atoms with Crippen molar-refractivity contribution in [2.75, 3.05) is 13.2 Å². The number of rotatable bonds is 8. The zero-order chi connectivity index (χ0) is 23.2. The molecular formula is C25H21ClN4O3. The van der Waals surface area contributed by atoms with Crippen LogP contribution in [-0.2, 0) is 16.1 Å². The molecule has 0 aliphatic carbocycles. The number of hydrogen-bond acceptors (Lipinski definition) is 5. The van der Waals surface area contributed by atoms with Crippen LogP contribution in [0.2, 0.25) is 5.02 Å². The first-order valence-electron chi connectivity index (χ1n) is 10.3. The quantitative estimate of drug-likeness (QED) is 0.313. The van der Waals surface area contributed by atoms with Gasteiger partial charge in [-0.15, -0.1) is 6.58 Å². The molecule has 0 fully saturated rings. The fourth-order valence-corrected chi connectivity index (χ4v) is 3.42. The van der Waals surface area contributed by atoms with Gasteiger partial charge in [0.15, 0.2) is 12.3 Å². The van der Waals surface area contributed by atoms with E-state index in [2.05, 4.69) is 17.0 Å². The first-order chi connectivity index (χ1) is 16.0. The first-order valence-corrected chi connectivity index (χ1v) is 10.6. The van der Waals surface area contributed by atoms with E-state index >= 15 is 0 Å². The van der Waals surface area contributed by atoms with Crippen LogP contribution in [0.4, 0.5) is 0 Å². The molecule has 8 heteroatoms. The Hall–Kier alpha value is -3.97. The summed E-state index contributed by atoms with van der Waals surface area (Å²) in [5.41, 5.74) is 3.26. The fraction of sp³-hybridized carbons (Fsp3) is 0.120. The van der Waals surface area contributed by atoms with Crippen LogP contribution >= 0.6 is 11.6 Å². The van der Waals surface area contributed by atoms with Gasteiger partial charge < -0.3 is 10.1 Å². The highest BCUT2D eigenvalue weighted by Crippen LogP contribution is 2.26. The van der Waals surface area contributed by atoms with Crippen LogP contribution in [-0.4, -0.2) is 39.8 Å². The number of nitrogens with zero attached hydrogens (tertiary/aromatic N) is 3. The molecule has 0 radical (unpaired) electrons. The summed E-state index contributed by atoms with van der Waals surface area (Å²) in [7, 11) is 0. The molecule has 0 aliphatic rings. The average molecular weight is 461 g/mol. The first kappa shape index (κ1) is 22.2. The van der Waals surface area contributed by atoms with Crippen molar-refractivity contribution in [2.24, 2.45) is 0 Å². The number of aromatic nitrogens is 3. The second-order valence-corrected chi connectivity index (χ2v) is 7.69. The number of carbonyl (C=O) groups excluding carboxylic acids is 2. The minimum atomic E-state index is -0.626. The lowest BCUT2D eigenvalue weighted by molar-refractivity contribution is -0.124. The third-order valence-electron chi connectivity index (χ3n) is 4.92. The molecule has 2 heterocycles. The maximum absolute atomic E-state index is 12.9. The Morgan fingerprint density at radius 3 is 2.61 bits per heavy atom. The van der Waals surface area contributed by atoms with E-state index in [4.69, 9.17) is 21.3 Å². The Morgan fingerprint density at radius 1 is 1.12 bits per heavy atom. The lowest BCUT2D eigenvalue weighted by Crippen LogP contribution is -2.28. The third kappa shape index (κ3) is 5.27. The van der Waals surface area contributed by atoms with Gasteiger partial charge in [-0.2, -0.15) is 5.10 Å². The second kappa shape index (κ2) is 10.1. The molecule has 166 valence electrons. The smallest absolute Gasteiger partial charge is 0.339 e. The molecule has 0 unspecified atom stereocenters. The molecule has 0 saturated heterocycles. The Bertz CT molecular complexity index is 1300. The molecule has 0 bridgehead atoms. The minimum absolute atomic E-state index is 0.290. The minimum Gasteiger partial charge on any atom is -0.452 e. The van der Waals surface area contributed by atoms with E-state index in [0.717, 1.165) is 11.1 Å². The SMILES string of the molecule is C=CCNC(=O)COC(=O)c1cc(-c2ccccc2)nc2c1cnn2Cc1ccc(Cl)cc1. The highest BCUT2D eigenvalue weighted by molar-refractivity contribution is 6.30. The monoisotopic (exact) mass is 460 g/mol. The van der Waals surface area contributed by atoms with Gasteiger partial charge in [-0.25, -0.2) is 14.5 Å². The molecule has 0 atom stereocenters. The van der Waals surface area contributed by atoms with E-state index in [0.29, 0.717) is 34.8 Å². The van der Waals surface area contributed by atoms with Crippen LogP contribution < -0.4 is 5.32 Å². The topological polar surface area (TPSA) is 86.1 Å². The van der Waals surface area contributed by atoms with Crippen LogP contribution in [0.15, 0.2) is 79.5 Å². The number of esters is 1. The number of ether oxygens (including phenoxy) is 1. The summed E-state index contributed by atoms with van der Waals surface area (Å²) in [5.74, 6) is -1.03. The molecule has 0 saturated carbocycles. The van der Waals surface area contributed by atoms with Crippen molar-refractivity contribution in [3.05, 3.63) is 95.7 Å². The summed E-state index contributed by atoms with van der Waals surface area (Å²) >= 11 is 5.99. The maximum Gasteiger partial charge on any atom is 0.339 e. The van der Waals surface area contributed by atoms with Crippen molar-refractivity contribution >= 4 is 34.5 Å². The predicted octanol–water partition coefficient (Wildman–Crippen LogP) is 4.26. The zero-order valence-corrected chi connectivity index (χ0v) is 18.5. The van der Waals surface area contributed by atoms with Gasteiger partial charge in [0.1, 0.15) is 0 Å². The van der Waals surface area contributed by atoms with Gasteiger partial charge in [-0.3, -0.25) is 4.79 Å². The molecule has 1 amide bonds. The van der Waals surface area contributed by atoms with E-state index in [1.165, 1.54) is 0 Å². The summed E-state index contributed by atoms with van der Waals surface area (Å²) < 4.78 is 6.98. The maximum atomic E-state index is 12.9. The van der Waals surface area contributed by atoms with E-state index in [9.17, 15) is 9.59 Å². The van der Waals surface area contributed by atoms with Gasteiger partial charge in [0.25, 0.3) is 5.91 Å². The Balaban J connectivity index is 1.71. The molecule has 4 rings (SSSR count). The summed E-state index contributed by atoms with van der Waals surface area (Å²) in [6, 6.07) is 18.6. The molecule has 1 N–H and O–H groups in total. The molecule has 0 spiro atoms. The summed E-state index contributed by atoms with van der Waals surface area (Å²) in [6.07, 6.45) is 3.13. The van der Waals surface area contributed by atoms with Gasteiger partial charge in [-0.05, 0) is 23.8 Å². The van der Waals surface area contributed by atoms with E-state index < -0.39 is 18.5 Å². The van der Waals surface area contributed by atoms with Crippen molar-refractivity contribution in [1.29, 1.82) is 0 Å². The van der Waals surface area contributed by atoms with Crippen molar-refractivity contribution in [3.8, 4) is 11.3 Å². The van der Waals surface area contributed by atoms with E-state index in [1.807, 2.05) is 54.6 Å². The molecule has 7 nitrogen and oxygen atoms in total. The highest BCUT2D eigenvalue weighted by atomic mass is 35.5. The van der Waals surface area contributed by atoms with Crippen LogP contribution in [0.25, 0.3) is 22.3 Å². The van der Waals surface area contributed by atoms with Gasteiger partial charge in [0.05, 0.1) is 29.4 Å². The van der Waals surface area contributed by atoms with E-state index in [1.54, 1.807) is 23.0 Å².